The molecule has 1 aliphatic rings. The number of aryl methyl sites for hydroxylation is 1. The van der Waals surface area contributed by atoms with Crippen LogP contribution in [0, 0.1) is 18.7 Å². The predicted molar refractivity (Wildman–Crippen MR) is 81.8 cm³/mol. The zero-order valence-electron chi connectivity index (χ0n) is 13.0. The van der Waals surface area contributed by atoms with Crippen molar-refractivity contribution in [3.05, 3.63) is 35.3 Å². The number of hydrogen-bond donors (Lipinski definition) is 1. The van der Waals surface area contributed by atoms with Crippen molar-refractivity contribution in [2.24, 2.45) is 5.92 Å². The highest BCUT2D eigenvalue weighted by Crippen LogP contribution is 2.32. The van der Waals surface area contributed by atoms with Gasteiger partial charge in [0.2, 0.25) is 0 Å². The molecule has 2 aromatic rings. The van der Waals surface area contributed by atoms with Gasteiger partial charge in [0.25, 0.3) is 5.91 Å². The zero-order chi connectivity index (χ0) is 16.7. The first-order chi connectivity index (χ1) is 10.9. The van der Waals surface area contributed by atoms with Crippen LogP contribution in [0.5, 0.6) is 0 Å². The molecule has 1 aromatic carbocycles. The Morgan fingerprint density at radius 2 is 2.13 bits per heavy atom. The Morgan fingerprint density at radius 3 is 2.74 bits per heavy atom. The summed E-state index contributed by atoms with van der Waals surface area (Å²) < 4.78 is 19.0. The van der Waals surface area contributed by atoms with E-state index in [0.29, 0.717) is 16.5 Å². The number of carboxylic acids is 1. The molecule has 0 spiro atoms. The second kappa shape index (κ2) is 5.68. The molecule has 0 saturated heterocycles. The number of amides is 1. The third kappa shape index (κ3) is 2.93. The lowest BCUT2D eigenvalue weighted by atomic mass is 10.1. The maximum absolute atomic E-state index is 13.4. The van der Waals surface area contributed by atoms with Gasteiger partial charge < -0.3 is 14.4 Å². The van der Waals surface area contributed by atoms with Crippen molar-refractivity contribution in [2.75, 3.05) is 6.54 Å². The van der Waals surface area contributed by atoms with Gasteiger partial charge in [-0.25, -0.2) is 4.39 Å². The summed E-state index contributed by atoms with van der Waals surface area (Å²) in [6.45, 7) is 3.43. The first kappa shape index (κ1) is 15.5. The molecule has 0 bridgehead atoms. The maximum atomic E-state index is 13.4. The normalized spacial score (nSPS) is 15.6. The Hall–Kier alpha value is -2.37. The van der Waals surface area contributed by atoms with Crippen molar-refractivity contribution in [1.82, 2.24) is 4.90 Å². The molecule has 1 aromatic heterocycles. The largest absolute Gasteiger partial charge is 0.481 e. The van der Waals surface area contributed by atoms with E-state index in [9.17, 15) is 14.0 Å². The summed E-state index contributed by atoms with van der Waals surface area (Å²) in [5.41, 5.74) is 1.03. The number of carboxylic acid groups (broad SMARTS) is 1. The molecule has 0 aliphatic heterocycles. The Labute approximate surface area is 132 Å². The first-order valence-electron chi connectivity index (χ1n) is 7.61. The molecular formula is C17H18FNO4. The molecule has 1 unspecified atom stereocenters. The van der Waals surface area contributed by atoms with E-state index < -0.39 is 11.9 Å². The van der Waals surface area contributed by atoms with Crippen LogP contribution in [0.15, 0.2) is 22.6 Å². The van der Waals surface area contributed by atoms with Gasteiger partial charge in [0.15, 0.2) is 5.76 Å². The van der Waals surface area contributed by atoms with E-state index in [1.165, 1.54) is 18.2 Å². The molecule has 122 valence electrons. The van der Waals surface area contributed by atoms with Crippen LogP contribution >= 0.6 is 0 Å². The zero-order valence-corrected chi connectivity index (χ0v) is 13.0. The molecule has 1 saturated carbocycles. The Bertz CT molecular complexity index is 778. The second-order valence-corrected chi connectivity index (χ2v) is 6.12. The van der Waals surface area contributed by atoms with Crippen LogP contribution in [0.3, 0.4) is 0 Å². The number of nitrogens with zero attached hydrogens (tertiary/aromatic N) is 1. The number of carbonyl (C=O) groups is 2. The third-order valence-electron chi connectivity index (χ3n) is 4.23. The molecule has 5 nitrogen and oxygen atoms in total. The summed E-state index contributed by atoms with van der Waals surface area (Å²) in [6.07, 6.45) is 1.73. The second-order valence-electron chi connectivity index (χ2n) is 6.12. The molecule has 1 atom stereocenters. The molecule has 0 radical (unpaired) electrons. The maximum Gasteiger partial charge on any atom is 0.308 e. The molecule has 1 amide bonds. The van der Waals surface area contributed by atoms with Crippen molar-refractivity contribution in [3.8, 4) is 0 Å². The highest BCUT2D eigenvalue weighted by Gasteiger charge is 2.37. The number of halogens is 1. The van der Waals surface area contributed by atoms with Gasteiger partial charge in [-0.1, -0.05) is 6.92 Å². The lowest BCUT2D eigenvalue weighted by molar-refractivity contribution is -0.141. The van der Waals surface area contributed by atoms with E-state index in [2.05, 4.69) is 0 Å². The standard InChI is InChI=1S/C17H18FNO4/c1-9(17(21)22)8-19(12-4-5-12)16(20)15-10(2)13-7-11(18)3-6-14(13)23-15/h3,6-7,9,12H,4-5,8H2,1-2H3,(H,21,22). The van der Waals surface area contributed by atoms with Gasteiger partial charge >= 0.3 is 5.97 Å². The van der Waals surface area contributed by atoms with Crippen LogP contribution in [0.25, 0.3) is 11.0 Å². The van der Waals surface area contributed by atoms with E-state index in [-0.39, 0.29) is 30.1 Å². The summed E-state index contributed by atoms with van der Waals surface area (Å²) in [6, 6.07) is 4.18. The SMILES string of the molecule is Cc1c(C(=O)N(CC(C)C(=O)O)C2CC2)oc2ccc(F)cc12. The highest BCUT2D eigenvalue weighted by atomic mass is 19.1. The first-order valence-corrected chi connectivity index (χ1v) is 7.61. The Kier molecular flexibility index (Phi) is 3.83. The van der Waals surface area contributed by atoms with E-state index in [4.69, 9.17) is 9.52 Å². The summed E-state index contributed by atoms with van der Waals surface area (Å²) in [5.74, 6) is -2.14. The van der Waals surface area contributed by atoms with Gasteiger partial charge in [-0.3, -0.25) is 9.59 Å². The fourth-order valence-corrected chi connectivity index (χ4v) is 2.68. The lowest BCUT2D eigenvalue weighted by Crippen LogP contribution is -2.38. The van der Waals surface area contributed by atoms with Crippen LogP contribution < -0.4 is 0 Å². The average Bonchev–Trinajstić information content (AvgIpc) is 3.29. The van der Waals surface area contributed by atoms with Crippen molar-refractivity contribution < 1.29 is 23.5 Å². The van der Waals surface area contributed by atoms with Crippen molar-refractivity contribution in [1.29, 1.82) is 0 Å². The summed E-state index contributed by atoms with van der Waals surface area (Å²) >= 11 is 0. The van der Waals surface area contributed by atoms with Gasteiger partial charge in [-0.15, -0.1) is 0 Å². The minimum Gasteiger partial charge on any atom is -0.481 e. The number of furan rings is 1. The molecule has 1 heterocycles. The van der Waals surface area contributed by atoms with Gasteiger partial charge in [-0.05, 0) is 38.0 Å². The van der Waals surface area contributed by atoms with Crippen molar-refractivity contribution >= 4 is 22.8 Å². The summed E-state index contributed by atoms with van der Waals surface area (Å²) in [7, 11) is 0. The molecule has 1 fully saturated rings. The van der Waals surface area contributed by atoms with E-state index in [1.54, 1.807) is 18.7 Å². The van der Waals surface area contributed by atoms with Gasteiger partial charge in [0.1, 0.15) is 11.4 Å². The number of rotatable bonds is 5. The number of carbonyl (C=O) groups excluding carboxylic acids is 1. The quantitative estimate of drug-likeness (QED) is 0.918. The topological polar surface area (TPSA) is 70.8 Å². The van der Waals surface area contributed by atoms with Crippen LogP contribution in [-0.2, 0) is 4.79 Å². The van der Waals surface area contributed by atoms with Gasteiger partial charge in [0, 0.05) is 23.5 Å². The Balaban J connectivity index is 1.94. The predicted octanol–water partition coefficient (Wildman–Crippen LogP) is 3.21. The number of aliphatic carboxylic acids is 1. The molecule has 6 heteroatoms. The molecule has 1 N–H and O–H groups in total. The van der Waals surface area contributed by atoms with E-state index in [0.717, 1.165) is 12.8 Å². The average molecular weight is 319 g/mol. The molecular weight excluding hydrogens is 301 g/mol. The van der Waals surface area contributed by atoms with Crippen molar-refractivity contribution in [3.63, 3.8) is 0 Å². The summed E-state index contributed by atoms with van der Waals surface area (Å²) in [5, 5.41) is 9.65. The monoisotopic (exact) mass is 319 g/mol. The molecule has 1 aliphatic carbocycles. The minimum atomic E-state index is -0.938. The van der Waals surface area contributed by atoms with Crippen LogP contribution in [0.2, 0.25) is 0 Å². The van der Waals surface area contributed by atoms with Crippen molar-refractivity contribution in [2.45, 2.75) is 32.7 Å². The smallest absolute Gasteiger partial charge is 0.308 e. The van der Waals surface area contributed by atoms with Gasteiger partial charge in [-0.2, -0.15) is 0 Å². The van der Waals surface area contributed by atoms with Crippen LogP contribution in [0.4, 0.5) is 4.39 Å². The Morgan fingerprint density at radius 1 is 1.43 bits per heavy atom. The summed E-state index contributed by atoms with van der Waals surface area (Å²) in [4.78, 5) is 25.5. The fourth-order valence-electron chi connectivity index (χ4n) is 2.68. The number of fused-ring (bicyclic) bond motifs is 1. The third-order valence-corrected chi connectivity index (χ3v) is 4.23. The molecule has 3 rings (SSSR count). The fraction of sp³-hybridized carbons (Fsp3) is 0.412. The van der Waals surface area contributed by atoms with Crippen LogP contribution in [-0.4, -0.2) is 34.5 Å². The highest BCUT2D eigenvalue weighted by molar-refractivity contribution is 5.99. The minimum absolute atomic E-state index is 0.0636. The van der Waals surface area contributed by atoms with E-state index >= 15 is 0 Å². The number of benzene rings is 1. The number of hydrogen-bond acceptors (Lipinski definition) is 3. The molecule has 23 heavy (non-hydrogen) atoms. The lowest BCUT2D eigenvalue weighted by Gasteiger charge is -2.23. The van der Waals surface area contributed by atoms with Gasteiger partial charge in [0.05, 0.1) is 5.92 Å². The van der Waals surface area contributed by atoms with Crippen LogP contribution in [0.1, 0.15) is 35.9 Å². The van der Waals surface area contributed by atoms with E-state index in [1.807, 2.05) is 0 Å².